The lowest BCUT2D eigenvalue weighted by atomic mass is 10.2. The number of amides is 1. The second kappa shape index (κ2) is 11.5. The molecule has 3 rings (SSSR count). The molecule has 1 heterocycles. The predicted octanol–water partition coefficient (Wildman–Crippen LogP) is 3.27. The third kappa shape index (κ3) is 6.32. The molecule has 1 aliphatic rings. The van der Waals surface area contributed by atoms with Crippen molar-refractivity contribution in [2.24, 2.45) is 0 Å². The van der Waals surface area contributed by atoms with Crippen molar-refractivity contribution in [2.75, 3.05) is 59.0 Å². The van der Waals surface area contributed by atoms with Crippen LogP contribution in [0.4, 0.5) is 5.69 Å². The van der Waals surface area contributed by atoms with Crippen LogP contribution in [-0.4, -0.2) is 70.9 Å². The van der Waals surface area contributed by atoms with E-state index in [0.29, 0.717) is 48.3 Å². The summed E-state index contributed by atoms with van der Waals surface area (Å²) in [7, 11) is 4.62. The minimum absolute atomic E-state index is 0.222. The van der Waals surface area contributed by atoms with Crippen molar-refractivity contribution in [1.82, 2.24) is 4.90 Å². The van der Waals surface area contributed by atoms with Crippen molar-refractivity contribution < 1.29 is 28.5 Å². The van der Waals surface area contributed by atoms with E-state index in [1.807, 2.05) is 24.3 Å². The number of benzene rings is 2. The fourth-order valence-corrected chi connectivity index (χ4v) is 3.77. The van der Waals surface area contributed by atoms with Gasteiger partial charge in [-0.3, -0.25) is 4.79 Å². The maximum absolute atomic E-state index is 12.4. The SMILES string of the molecule is COc1ccc(N2CCN(C(=O)COC(=O)/C=C/c3cc(Cl)c(OC)c(OC)c3)CC2)cc1. The van der Waals surface area contributed by atoms with Crippen molar-refractivity contribution in [3.63, 3.8) is 0 Å². The van der Waals surface area contributed by atoms with Crippen LogP contribution < -0.4 is 19.1 Å². The Kier molecular flexibility index (Phi) is 8.43. The van der Waals surface area contributed by atoms with Gasteiger partial charge in [0.25, 0.3) is 5.91 Å². The first-order valence-electron chi connectivity index (χ1n) is 10.4. The molecule has 0 atom stereocenters. The predicted molar refractivity (Wildman–Crippen MR) is 126 cm³/mol. The number of piperazine rings is 1. The molecule has 0 bridgehead atoms. The summed E-state index contributed by atoms with van der Waals surface area (Å²) < 4.78 is 20.7. The molecule has 0 aromatic heterocycles. The van der Waals surface area contributed by atoms with E-state index in [2.05, 4.69) is 4.90 Å². The van der Waals surface area contributed by atoms with E-state index in [4.69, 9.17) is 30.5 Å². The third-order valence-electron chi connectivity index (χ3n) is 5.28. The molecule has 2 aromatic carbocycles. The van der Waals surface area contributed by atoms with E-state index in [9.17, 15) is 9.59 Å². The van der Waals surface area contributed by atoms with E-state index in [-0.39, 0.29) is 12.5 Å². The molecule has 0 aliphatic carbocycles. The molecule has 2 aromatic rings. The van der Waals surface area contributed by atoms with Crippen molar-refractivity contribution in [3.8, 4) is 17.2 Å². The minimum Gasteiger partial charge on any atom is -0.497 e. The van der Waals surface area contributed by atoms with Gasteiger partial charge in [-0.15, -0.1) is 0 Å². The molecular formula is C24H27ClN2O6. The fraction of sp³-hybridized carbons (Fsp3) is 0.333. The molecule has 0 unspecified atom stereocenters. The Hall–Kier alpha value is -3.39. The lowest BCUT2D eigenvalue weighted by Crippen LogP contribution is -2.49. The molecule has 0 saturated carbocycles. The van der Waals surface area contributed by atoms with E-state index in [1.54, 1.807) is 24.1 Å². The van der Waals surface area contributed by atoms with Crippen LogP contribution in [0.5, 0.6) is 17.2 Å². The summed E-state index contributed by atoms with van der Waals surface area (Å²) in [6.07, 6.45) is 2.78. The highest BCUT2D eigenvalue weighted by Gasteiger charge is 2.22. The highest BCUT2D eigenvalue weighted by atomic mass is 35.5. The first-order chi connectivity index (χ1) is 15.9. The summed E-state index contributed by atoms with van der Waals surface area (Å²) in [6, 6.07) is 11.1. The molecule has 1 fully saturated rings. The summed E-state index contributed by atoms with van der Waals surface area (Å²) in [5.74, 6) is 0.822. The summed E-state index contributed by atoms with van der Waals surface area (Å²) in [5.41, 5.74) is 1.71. The van der Waals surface area contributed by atoms with Gasteiger partial charge in [-0.25, -0.2) is 4.79 Å². The standard InChI is InChI=1S/C24H27ClN2O6/c1-30-19-7-5-18(6-8-19)26-10-12-27(13-11-26)22(28)16-33-23(29)9-4-17-14-20(25)24(32-3)21(15-17)31-2/h4-9,14-15H,10-13,16H2,1-3H3/b9-4+. The summed E-state index contributed by atoms with van der Waals surface area (Å²) in [6.45, 7) is 2.21. The largest absolute Gasteiger partial charge is 0.497 e. The van der Waals surface area contributed by atoms with Crippen LogP contribution in [0.1, 0.15) is 5.56 Å². The fourth-order valence-electron chi connectivity index (χ4n) is 3.48. The molecule has 1 aliphatic heterocycles. The summed E-state index contributed by atoms with van der Waals surface area (Å²) in [4.78, 5) is 28.4. The summed E-state index contributed by atoms with van der Waals surface area (Å²) >= 11 is 6.17. The molecule has 0 N–H and O–H groups in total. The molecular weight excluding hydrogens is 448 g/mol. The number of hydrogen-bond donors (Lipinski definition) is 0. The molecule has 33 heavy (non-hydrogen) atoms. The van der Waals surface area contributed by atoms with Gasteiger partial charge in [0.15, 0.2) is 18.1 Å². The van der Waals surface area contributed by atoms with Crippen molar-refractivity contribution in [3.05, 3.63) is 53.1 Å². The number of rotatable bonds is 8. The van der Waals surface area contributed by atoms with Gasteiger partial charge in [0.05, 0.1) is 26.4 Å². The Morgan fingerprint density at radius 1 is 0.970 bits per heavy atom. The zero-order valence-electron chi connectivity index (χ0n) is 18.9. The molecule has 9 heteroatoms. The smallest absolute Gasteiger partial charge is 0.331 e. The lowest BCUT2D eigenvalue weighted by molar-refractivity contribution is -0.148. The average Bonchev–Trinajstić information content (AvgIpc) is 2.85. The number of methoxy groups -OCH3 is 3. The number of carbonyl (C=O) groups excluding carboxylic acids is 2. The van der Waals surface area contributed by atoms with Gasteiger partial charge in [0.1, 0.15) is 5.75 Å². The monoisotopic (exact) mass is 474 g/mol. The van der Waals surface area contributed by atoms with Gasteiger partial charge in [0.2, 0.25) is 0 Å². The quantitative estimate of drug-likeness (QED) is 0.429. The van der Waals surface area contributed by atoms with Gasteiger partial charge in [-0.1, -0.05) is 11.6 Å². The number of nitrogens with zero attached hydrogens (tertiary/aromatic N) is 2. The lowest BCUT2D eigenvalue weighted by Gasteiger charge is -2.36. The van der Waals surface area contributed by atoms with E-state index >= 15 is 0 Å². The van der Waals surface area contributed by atoms with Crippen molar-refractivity contribution in [2.45, 2.75) is 0 Å². The van der Waals surface area contributed by atoms with Crippen LogP contribution in [0.25, 0.3) is 6.08 Å². The number of anilines is 1. The Morgan fingerprint density at radius 2 is 1.67 bits per heavy atom. The zero-order valence-corrected chi connectivity index (χ0v) is 19.6. The second-order valence-electron chi connectivity index (χ2n) is 7.25. The van der Waals surface area contributed by atoms with E-state index in [1.165, 1.54) is 26.4 Å². The third-order valence-corrected chi connectivity index (χ3v) is 5.56. The normalized spacial score (nSPS) is 13.7. The van der Waals surface area contributed by atoms with Gasteiger partial charge < -0.3 is 28.7 Å². The number of hydrogen-bond acceptors (Lipinski definition) is 7. The van der Waals surface area contributed by atoms with Crippen LogP contribution >= 0.6 is 11.6 Å². The highest BCUT2D eigenvalue weighted by molar-refractivity contribution is 6.32. The van der Waals surface area contributed by atoms with Crippen LogP contribution in [0.15, 0.2) is 42.5 Å². The average molecular weight is 475 g/mol. The van der Waals surface area contributed by atoms with E-state index in [0.717, 1.165) is 11.4 Å². The van der Waals surface area contributed by atoms with Crippen LogP contribution in [-0.2, 0) is 14.3 Å². The second-order valence-corrected chi connectivity index (χ2v) is 7.65. The van der Waals surface area contributed by atoms with Crippen molar-refractivity contribution in [1.29, 1.82) is 0 Å². The molecule has 176 valence electrons. The first kappa shape index (κ1) is 24.3. The van der Waals surface area contributed by atoms with Crippen LogP contribution in [0.3, 0.4) is 0 Å². The number of carbonyl (C=O) groups is 2. The Balaban J connectivity index is 1.47. The highest BCUT2D eigenvalue weighted by Crippen LogP contribution is 2.36. The van der Waals surface area contributed by atoms with Crippen molar-refractivity contribution >= 4 is 35.2 Å². The maximum Gasteiger partial charge on any atom is 0.331 e. The molecule has 1 saturated heterocycles. The van der Waals surface area contributed by atoms with Gasteiger partial charge >= 0.3 is 5.97 Å². The summed E-state index contributed by atoms with van der Waals surface area (Å²) in [5, 5.41) is 0.355. The van der Waals surface area contributed by atoms with Gasteiger partial charge in [0, 0.05) is 37.9 Å². The molecule has 0 spiro atoms. The molecule has 0 radical (unpaired) electrons. The van der Waals surface area contributed by atoms with Gasteiger partial charge in [-0.05, 0) is 48.0 Å². The van der Waals surface area contributed by atoms with Crippen LogP contribution in [0, 0.1) is 0 Å². The topological polar surface area (TPSA) is 77.5 Å². The van der Waals surface area contributed by atoms with Crippen LogP contribution in [0.2, 0.25) is 5.02 Å². The number of ether oxygens (including phenoxy) is 4. The molecule has 8 nitrogen and oxygen atoms in total. The number of esters is 1. The molecule has 1 amide bonds. The number of halogens is 1. The van der Waals surface area contributed by atoms with E-state index < -0.39 is 5.97 Å². The zero-order chi connectivity index (χ0) is 23.8. The Labute approximate surface area is 198 Å². The van der Waals surface area contributed by atoms with Gasteiger partial charge in [-0.2, -0.15) is 0 Å². The first-order valence-corrected chi connectivity index (χ1v) is 10.8. The Morgan fingerprint density at radius 3 is 2.27 bits per heavy atom. The maximum atomic E-state index is 12.4. The minimum atomic E-state index is -0.619. The Bertz CT molecular complexity index is 1000.